The molecule has 1 atom stereocenters. The highest BCUT2D eigenvalue weighted by Gasteiger charge is 2.22. The van der Waals surface area contributed by atoms with E-state index in [0.717, 1.165) is 16.3 Å². The zero-order valence-electron chi connectivity index (χ0n) is 12.8. The summed E-state index contributed by atoms with van der Waals surface area (Å²) < 4.78 is 0. The van der Waals surface area contributed by atoms with Gasteiger partial charge in [0.2, 0.25) is 0 Å². The monoisotopic (exact) mass is 306 g/mol. The fourth-order valence-electron chi connectivity index (χ4n) is 3.71. The van der Waals surface area contributed by atoms with Gasteiger partial charge in [-0.05, 0) is 55.9 Å². The Morgan fingerprint density at radius 1 is 0.826 bits per heavy atom. The van der Waals surface area contributed by atoms with Gasteiger partial charge in [0.05, 0.1) is 0 Å². The quantitative estimate of drug-likeness (QED) is 0.401. The molecule has 3 heteroatoms. The van der Waals surface area contributed by atoms with Crippen LogP contribution in [0.2, 0.25) is 0 Å². The third kappa shape index (κ3) is 2.01. The van der Waals surface area contributed by atoms with Gasteiger partial charge in [-0.2, -0.15) is 0 Å². The average Bonchev–Trinajstić information content (AvgIpc) is 2.58. The smallest absolute Gasteiger partial charge is 0.182 e. The first-order chi connectivity index (χ1) is 11.1. The van der Waals surface area contributed by atoms with Gasteiger partial charge in [-0.15, -0.1) is 0 Å². The Balaban J connectivity index is 2.20. The van der Waals surface area contributed by atoms with Crippen molar-refractivity contribution >= 4 is 32.3 Å². The minimum Gasteiger partial charge on any atom is -0.383 e. The normalized spacial score (nSPS) is 13.6. The van der Waals surface area contributed by atoms with Gasteiger partial charge in [-0.1, -0.05) is 49.4 Å². The highest BCUT2D eigenvalue weighted by atomic mass is 16.5. The van der Waals surface area contributed by atoms with Crippen LogP contribution in [0, 0.1) is 0 Å². The first kappa shape index (κ1) is 14.4. The van der Waals surface area contributed by atoms with Gasteiger partial charge in [-0.25, -0.2) is 0 Å². The van der Waals surface area contributed by atoms with E-state index in [1.165, 1.54) is 21.5 Å². The Morgan fingerprint density at radius 2 is 1.48 bits per heavy atom. The van der Waals surface area contributed by atoms with Crippen LogP contribution < -0.4 is 0 Å². The van der Waals surface area contributed by atoms with Crippen molar-refractivity contribution in [3.8, 4) is 0 Å². The van der Waals surface area contributed by atoms with Gasteiger partial charge < -0.3 is 15.3 Å². The molecule has 0 aliphatic rings. The van der Waals surface area contributed by atoms with Gasteiger partial charge in [0.1, 0.15) is 6.10 Å². The van der Waals surface area contributed by atoms with Crippen molar-refractivity contribution in [2.24, 2.45) is 0 Å². The minimum atomic E-state index is -1.78. The maximum absolute atomic E-state index is 10.2. The van der Waals surface area contributed by atoms with E-state index in [9.17, 15) is 15.3 Å². The van der Waals surface area contributed by atoms with Crippen molar-refractivity contribution < 1.29 is 15.3 Å². The number of aliphatic hydroxyl groups is 3. The standard InChI is InChI=1S/C20H18O3/c1-2-14-15-9-8-12-5-3-4-11-6-7-13(18(15)17(11)12)10-16(14)19(21)20(22)23/h3-10,19-23H,2H2,1H3. The van der Waals surface area contributed by atoms with Crippen LogP contribution >= 0.6 is 0 Å². The van der Waals surface area contributed by atoms with Crippen LogP contribution in [0.4, 0.5) is 0 Å². The van der Waals surface area contributed by atoms with E-state index in [4.69, 9.17) is 0 Å². The summed E-state index contributed by atoms with van der Waals surface area (Å²) in [5.41, 5.74) is 1.56. The lowest BCUT2D eigenvalue weighted by molar-refractivity contribution is -0.124. The predicted molar refractivity (Wildman–Crippen MR) is 92.7 cm³/mol. The molecule has 0 aliphatic carbocycles. The zero-order chi connectivity index (χ0) is 16.1. The molecular formula is C20H18O3. The second-order valence-electron chi connectivity index (χ2n) is 6.01. The number of hydrogen-bond donors (Lipinski definition) is 3. The molecule has 4 aromatic rings. The van der Waals surface area contributed by atoms with Crippen LogP contribution in [0.1, 0.15) is 24.2 Å². The van der Waals surface area contributed by atoms with Crippen LogP contribution in [0.15, 0.2) is 48.5 Å². The first-order valence-corrected chi connectivity index (χ1v) is 7.85. The van der Waals surface area contributed by atoms with Crippen molar-refractivity contribution in [1.82, 2.24) is 0 Å². The molecule has 3 nitrogen and oxygen atoms in total. The van der Waals surface area contributed by atoms with E-state index >= 15 is 0 Å². The average molecular weight is 306 g/mol. The third-order valence-corrected chi connectivity index (χ3v) is 4.75. The molecule has 0 aliphatic heterocycles. The lowest BCUT2D eigenvalue weighted by atomic mass is 9.87. The molecule has 3 N–H and O–H groups in total. The fraction of sp³-hybridized carbons (Fsp3) is 0.200. The van der Waals surface area contributed by atoms with Crippen LogP contribution in [0.5, 0.6) is 0 Å². The molecule has 0 amide bonds. The van der Waals surface area contributed by atoms with E-state index in [0.29, 0.717) is 12.0 Å². The fourth-order valence-corrected chi connectivity index (χ4v) is 3.71. The topological polar surface area (TPSA) is 60.7 Å². The molecule has 0 bridgehead atoms. The summed E-state index contributed by atoms with van der Waals surface area (Å²) in [5, 5.41) is 35.9. The molecule has 0 radical (unpaired) electrons. The van der Waals surface area contributed by atoms with Gasteiger partial charge in [0.15, 0.2) is 6.29 Å². The summed E-state index contributed by atoms with van der Waals surface area (Å²) in [6.07, 6.45) is -2.37. The maximum atomic E-state index is 10.2. The highest BCUT2D eigenvalue weighted by Crippen LogP contribution is 2.39. The molecule has 23 heavy (non-hydrogen) atoms. The van der Waals surface area contributed by atoms with Gasteiger partial charge in [0, 0.05) is 0 Å². The molecule has 0 spiro atoms. The Morgan fingerprint density at radius 3 is 2.13 bits per heavy atom. The molecule has 4 rings (SSSR count). The van der Waals surface area contributed by atoms with Crippen LogP contribution in [-0.4, -0.2) is 21.6 Å². The van der Waals surface area contributed by atoms with E-state index in [-0.39, 0.29) is 0 Å². The summed E-state index contributed by atoms with van der Waals surface area (Å²) in [7, 11) is 0. The number of benzene rings is 4. The molecule has 0 heterocycles. The lowest BCUT2D eigenvalue weighted by Crippen LogP contribution is -2.18. The number of aryl methyl sites for hydroxylation is 1. The van der Waals surface area contributed by atoms with Crippen molar-refractivity contribution in [1.29, 1.82) is 0 Å². The molecule has 0 fully saturated rings. The zero-order valence-corrected chi connectivity index (χ0v) is 12.8. The minimum absolute atomic E-state index is 0.591. The SMILES string of the molecule is CCc1c(C(O)C(O)O)cc2ccc3cccc4ccc1c2c34. The predicted octanol–water partition coefficient (Wildman–Crippen LogP) is 3.49. The van der Waals surface area contributed by atoms with Gasteiger partial charge in [0.25, 0.3) is 0 Å². The van der Waals surface area contributed by atoms with E-state index in [2.05, 4.69) is 36.4 Å². The third-order valence-electron chi connectivity index (χ3n) is 4.75. The Labute approximate surface area is 133 Å². The second kappa shape index (κ2) is 5.17. The van der Waals surface area contributed by atoms with Crippen molar-refractivity contribution in [3.05, 3.63) is 59.7 Å². The Kier molecular flexibility index (Phi) is 3.23. The molecule has 4 aromatic carbocycles. The van der Waals surface area contributed by atoms with E-state index in [1.54, 1.807) is 0 Å². The molecule has 0 aromatic heterocycles. The van der Waals surface area contributed by atoms with E-state index in [1.807, 2.05) is 19.1 Å². The van der Waals surface area contributed by atoms with Crippen LogP contribution in [0.25, 0.3) is 32.3 Å². The summed E-state index contributed by atoms with van der Waals surface area (Å²) >= 11 is 0. The molecule has 0 saturated heterocycles. The van der Waals surface area contributed by atoms with Gasteiger partial charge in [-0.3, -0.25) is 0 Å². The Hall–Kier alpha value is -2.20. The van der Waals surface area contributed by atoms with Crippen LogP contribution in [0.3, 0.4) is 0 Å². The largest absolute Gasteiger partial charge is 0.383 e. The molecule has 0 saturated carbocycles. The first-order valence-electron chi connectivity index (χ1n) is 7.85. The summed E-state index contributed by atoms with van der Waals surface area (Å²) in [6.45, 7) is 2.02. The highest BCUT2D eigenvalue weighted by molar-refractivity contribution is 6.23. The summed E-state index contributed by atoms with van der Waals surface area (Å²) in [6, 6.07) is 16.4. The van der Waals surface area contributed by atoms with Gasteiger partial charge >= 0.3 is 0 Å². The number of hydrogen-bond acceptors (Lipinski definition) is 3. The van der Waals surface area contributed by atoms with Crippen LogP contribution in [-0.2, 0) is 6.42 Å². The van der Waals surface area contributed by atoms with Crippen molar-refractivity contribution in [2.45, 2.75) is 25.7 Å². The maximum Gasteiger partial charge on any atom is 0.182 e. The van der Waals surface area contributed by atoms with E-state index < -0.39 is 12.4 Å². The molecular weight excluding hydrogens is 288 g/mol. The Bertz CT molecular complexity index is 988. The van der Waals surface area contributed by atoms with Crippen molar-refractivity contribution in [2.75, 3.05) is 0 Å². The van der Waals surface area contributed by atoms with Crippen molar-refractivity contribution in [3.63, 3.8) is 0 Å². The summed E-state index contributed by atoms with van der Waals surface area (Å²) in [4.78, 5) is 0. The molecule has 1 unspecified atom stereocenters. The summed E-state index contributed by atoms with van der Waals surface area (Å²) in [5.74, 6) is 0. The second-order valence-corrected chi connectivity index (χ2v) is 6.01. The number of rotatable bonds is 3. The number of aliphatic hydroxyl groups excluding tert-OH is 2. The lowest BCUT2D eigenvalue weighted by Gasteiger charge is -2.21. The molecule has 116 valence electrons.